The molecular formula is C16H18N2. The first-order valence-electron chi connectivity index (χ1n) is 6.15. The van der Waals surface area contributed by atoms with Crippen molar-refractivity contribution in [3.63, 3.8) is 0 Å². The Kier molecular flexibility index (Phi) is 4.26. The number of aromatic nitrogens is 1. The van der Waals surface area contributed by atoms with Gasteiger partial charge in [-0.1, -0.05) is 43.0 Å². The monoisotopic (exact) mass is 238 g/mol. The molecule has 1 aromatic heterocycles. The highest BCUT2D eigenvalue weighted by molar-refractivity contribution is 5.64. The highest BCUT2D eigenvalue weighted by Gasteiger charge is 2.06. The van der Waals surface area contributed by atoms with E-state index in [1.54, 1.807) is 0 Å². The highest BCUT2D eigenvalue weighted by Crippen LogP contribution is 2.13. The zero-order chi connectivity index (χ0) is 12.8. The van der Waals surface area contributed by atoms with Crippen molar-refractivity contribution >= 4 is 5.57 Å². The fourth-order valence-corrected chi connectivity index (χ4v) is 1.79. The number of hydrogen-bond acceptors (Lipinski definition) is 2. The maximum absolute atomic E-state index is 4.34. The van der Waals surface area contributed by atoms with Gasteiger partial charge < -0.3 is 5.32 Å². The summed E-state index contributed by atoms with van der Waals surface area (Å²) in [7, 11) is 0. The van der Waals surface area contributed by atoms with Crippen LogP contribution in [0.2, 0.25) is 0 Å². The Morgan fingerprint density at radius 2 is 1.89 bits per heavy atom. The van der Waals surface area contributed by atoms with Crippen LogP contribution in [0.3, 0.4) is 0 Å². The molecule has 0 radical (unpaired) electrons. The second kappa shape index (κ2) is 6.12. The number of benzene rings is 1. The van der Waals surface area contributed by atoms with Crippen LogP contribution in [-0.4, -0.2) is 11.5 Å². The summed E-state index contributed by atoms with van der Waals surface area (Å²) in [4.78, 5) is 4.34. The van der Waals surface area contributed by atoms with Crippen molar-refractivity contribution in [3.05, 3.63) is 72.6 Å². The average molecular weight is 238 g/mol. The van der Waals surface area contributed by atoms with E-state index < -0.39 is 0 Å². The third-order valence-corrected chi connectivity index (χ3v) is 2.94. The van der Waals surface area contributed by atoms with E-state index in [-0.39, 0.29) is 6.04 Å². The van der Waals surface area contributed by atoms with Crippen LogP contribution in [-0.2, 0) is 0 Å². The lowest BCUT2D eigenvalue weighted by atomic mass is 10.1. The zero-order valence-electron chi connectivity index (χ0n) is 10.6. The van der Waals surface area contributed by atoms with E-state index in [9.17, 15) is 0 Å². The first kappa shape index (κ1) is 12.5. The summed E-state index contributed by atoms with van der Waals surface area (Å²) in [6, 6.07) is 16.4. The molecule has 92 valence electrons. The van der Waals surface area contributed by atoms with E-state index in [2.05, 4.69) is 35.9 Å². The molecule has 1 aromatic carbocycles. The quantitative estimate of drug-likeness (QED) is 0.863. The molecule has 0 saturated heterocycles. The van der Waals surface area contributed by atoms with Gasteiger partial charge in [0.2, 0.25) is 0 Å². The van der Waals surface area contributed by atoms with Crippen molar-refractivity contribution in [2.75, 3.05) is 6.54 Å². The lowest BCUT2D eigenvalue weighted by Crippen LogP contribution is -2.21. The summed E-state index contributed by atoms with van der Waals surface area (Å²) in [6.45, 7) is 6.99. The molecule has 0 aliphatic rings. The summed E-state index contributed by atoms with van der Waals surface area (Å²) in [5.41, 5.74) is 3.33. The Hall–Kier alpha value is -1.93. The van der Waals surface area contributed by atoms with Gasteiger partial charge in [-0.3, -0.25) is 4.98 Å². The van der Waals surface area contributed by atoms with Crippen LogP contribution in [0.4, 0.5) is 0 Å². The molecule has 0 bridgehead atoms. The zero-order valence-corrected chi connectivity index (χ0v) is 10.6. The van der Waals surface area contributed by atoms with Crippen molar-refractivity contribution in [1.82, 2.24) is 10.3 Å². The number of nitrogens with one attached hydrogen (secondary N) is 1. The molecule has 0 amide bonds. The fourth-order valence-electron chi connectivity index (χ4n) is 1.79. The van der Waals surface area contributed by atoms with Gasteiger partial charge in [0.25, 0.3) is 0 Å². The second-order valence-electron chi connectivity index (χ2n) is 4.33. The van der Waals surface area contributed by atoms with Crippen molar-refractivity contribution in [2.24, 2.45) is 0 Å². The standard InChI is InChI=1S/C16H18N2/c1-13(15-8-4-3-5-9-15)12-18-14(2)16-10-6-7-11-17-16/h3-11,14,18H,1,12H2,2H3/t14-/m1/s1. The topological polar surface area (TPSA) is 24.9 Å². The van der Waals surface area contributed by atoms with E-state index in [0.717, 1.165) is 17.8 Å². The summed E-state index contributed by atoms with van der Waals surface area (Å²) in [6.07, 6.45) is 1.82. The summed E-state index contributed by atoms with van der Waals surface area (Å²) < 4.78 is 0. The van der Waals surface area contributed by atoms with Gasteiger partial charge in [-0.15, -0.1) is 0 Å². The lowest BCUT2D eigenvalue weighted by molar-refractivity contribution is 0.606. The molecular weight excluding hydrogens is 220 g/mol. The first-order chi connectivity index (χ1) is 8.77. The third kappa shape index (κ3) is 3.28. The Labute approximate surface area is 108 Å². The molecule has 0 saturated carbocycles. The molecule has 2 aromatic rings. The summed E-state index contributed by atoms with van der Waals surface area (Å²) in [5.74, 6) is 0. The number of rotatable bonds is 5. The van der Waals surface area contributed by atoms with E-state index in [0.29, 0.717) is 0 Å². The van der Waals surface area contributed by atoms with E-state index in [1.165, 1.54) is 5.56 Å². The molecule has 1 heterocycles. The van der Waals surface area contributed by atoms with Crippen LogP contribution in [0, 0.1) is 0 Å². The lowest BCUT2D eigenvalue weighted by Gasteiger charge is -2.14. The Balaban J connectivity index is 1.91. The van der Waals surface area contributed by atoms with Crippen LogP contribution in [0.5, 0.6) is 0 Å². The number of pyridine rings is 1. The fraction of sp³-hybridized carbons (Fsp3) is 0.188. The molecule has 0 spiro atoms. The van der Waals surface area contributed by atoms with Crippen molar-refractivity contribution in [1.29, 1.82) is 0 Å². The highest BCUT2D eigenvalue weighted by atomic mass is 14.9. The van der Waals surface area contributed by atoms with E-state index in [4.69, 9.17) is 0 Å². The molecule has 0 aliphatic carbocycles. The van der Waals surface area contributed by atoms with Crippen LogP contribution >= 0.6 is 0 Å². The Morgan fingerprint density at radius 1 is 1.17 bits per heavy atom. The van der Waals surface area contributed by atoms with Gasteiger partial charge in [-0.2, -0.15) is 0 Å². The predicted molar refractivity (Wildman–Crippen MR) is 76.1 cm³/mol. The molecule has 2 rings (SSSR count). The maximum Gasteiger partial charge on any atom is 0.0570 e. The molecule has 1 N–H and O–H groups in total. The van der Waals surface area contributed by atoms with E-state index in [1.807, 2.05) is 42.6 Å². The smallest absolute Gasteiger partial charge is 0.0570 e. The molecule has 0 unspecified atom stereocenters. The molecule has 1 atom stereocenters. The largest absolute Gasteiger partial charge is 0.305 e. The third-order valence-electron chi connectivity index (χ3n) is 2.94. The molecule has 0 fully saturated rings. The molecule has 18 heavy (non-hydrogen) atoms. The minimum atomic E-state index is 0.228. The van der Waals surface area contributed by atoms with E-state index >= 15 is 0 Å². The SMILES string of the molecule is C=C(CN[C@H](C)c1ccccn1)c1ccccc1. The summed E-state index contributed by atoms with van der Waals surface area (Å²) >= 11 is 0. The van der Waals surface area contributed by atoms with Gasteiger partial charge in [0.05, 0.1) is 5.69 Å². The van der Waals surface area contributed by atoms with Crippen LogP contribution in [0.25, 0.3) is 5.57 Å². The number of hydrogen-bond donors (Lipinski definition) is 1. The minimum Gasteiger partial charge on any atom is -0.305 e. The average Bonchev–Trinajstić information content (AvgIpc) is 2.46. The summed E-state index contributed by atoms with van der Waals surface area (Å²) in [5, 5.41) is 3.44. The van der Waals surface area contributed by atoms with Crippen LogP contribution < -0.4 is 5.32 Å². The van der Waals surface area contributed by atoms with Crippen molar-refractivity contribution < 1.29 is 0 Å². The Bertz CT molecular complexity index is 491. The van der Waals surface area contributed by atoms with Crippen molar-refractivity contribution in [2.45, 2.75) is 13.0 Å². The maximum atomic E-state index is 4.34. The van der Waals surface area contributed by atoms with Gasteiger partial charge >= 0.3 is 0 Å². The minimum absolute atomic E-state index is 0.228. The number of nitrogens with zero attached hydrogens (tertiary/aromatic N) is 1. The van der Waals surface area contributed by atoms with Gasteiger partial charge in [0.15, 0.2) is 0 Å². The van der Waals surface area contributed by atoms with Gasteiger partial charge in [-0.25, -0.2) is 0 Å². The molecule has 2 heteroatoms. The van der Waals surface area contributed by atoms with Crippen LogP contribution in [0.15, 0.2) is 61.3 Å². The molecule has 2 nitrogen and oxygen atoms in total. The van der Waals surface area contributed by atoms with Crippen molar-refractivity contribution in [3.8, 4) is 0 Å². The first-order valence-corrected chi connectivity index (χ1v) is 6.15. The predicted octanol–water partition coefficient (Wildman–Crippen LogP) is 3.45. The van der Waals surface area contributed by atoms with Gasteiger partial charge in [-0.05, 0) is 30.2 Å². The van der Waals surface area contributed by atoms with Gasteiger partial charge in [0.1, 0.15) is 0 Å². The second-order valence-corrected chi connectivity index (χ2v) is 4.33. The molecule has 0 aliphatic heterocycles. The normalized spacial score (nSPS) is 12.1. The van der Waals surface area contributed by atoms with Gasteiger partial charge in [0, 0.05) is 18.8 Å². The van der Waals surface area contributed by atoms with Crippen LogP contribution in [0.1, 0.15) is 24.2 Å². The Morgan fingerprint density at radius 3 is 2.56 bits per heavy atom.